The van der Waals surface area contributed by atoms with Crippen molar-refractivity contribution < 1.29 is 17.9 Å². The number of sulfonamides is 1. The Balaban J connectivity index is 2.87. The van der Waals surface area contributed by atoms with Gasteiger partial charge in [-0.1, -0.05) is 12.1 Å². The van der Waals surface area contributed by atoms with Gasteiger partial charge in [0.25, 0.3) is 0 Å². The van der Waals surface area contributed by atoms with Crippen LogP contribution < -0.4 is 4.74 Å². The van der Waals surface area contributed by atoms with Gasteiger partial charge in [-0.05, 0) is 31.5 Å². The molecule has 1 rings (SSSR count). The molecule has 0 aliphatic heterocycles. The summed E-state index contributed by atoms with van der Waals surface area (Å²) in [6.07, 6.45) is 1.12. The molecule has 0 spiro atoms. The summed E-state index contributed by atoms with van der Waals surface area (Å²) in [5, 5.41) is 0. The van der Waals surface area contributed by atoms with E-state index >= 15 is 0 Å². The zero-order chi connectivity index (χ0) is 16.8. The normalized spacial score (nSPS) is 11.5. The van der Waals surface area contributed by atoms with E-state index in [0.29, 0.717) is 18.8 Å². The number of nitrogens with zero attached hydrogens (tertiary/aromatic N) is 2. The molecule has 0 unspecified atom stereocenters. The number of ether oxygens (including phenoxy) is 1. The highest BCUT2D eigenvalue weighted by Crippen LogP contribution is 2.14. The molecule has 0 bridgehead atoms. The predicted octanol–water partition coefficient (Wildman–Crippen LogP) is 1.33. The lowest BCUT2D eigenvalue weighted by Gasteiger charge is -2.24. The molecule has 0 N–H and O–H groups in total. The largest absolute Gasteiger partial charge is 0.497 e. The lowest BCUT2D eigenvalue weighted by molar-refractivity contribution is -0.131. The van der Waals surface area contributed by atoms with Crippen molar-refractivity contribution in [3.63, 3.8) is 0 Å². The first-order chi connectivity index (χ1) is 10.3. The van der Waals surface area contributed by atoms with E-state index in [1.54, 1.807) is 36.3 Å². The Morgan fingerprint density at radius 2 is 1.68 bits per heavy atom. The molecule has 0 heterocycles. The van der Waals surface area contributed by atoms with E-state index < -0.39 is 10.0 Å². The van der Waals surface area contributed by atoms with E-state index in [-0.39, 0.29) is 19.0 Å². The predicted molar refractivity (Wildman–Crippen MR) is 86.2 cm³/mol. The Hall–Kier alpha value is -1.60. The molecular weight excluding hydrogens is 304 g/mol. The third-order valence-corrected chi connectivity index (χ3v) is 4.61. The van der Waals surface area contributed by atoms with Crippen LogP contribution in [0.3, 0.4) is 0 Å². The van der Waals surface area contributed by atoms with Crippen molar-refractivity contribution in [2.24, 2.45) is 0 Å². The molecule has 0 aromatic heterocycles. The molecule has 6 nitrogen and oxygen atoms in total. The summed E-state index contributed by atoms with van der Waals surface area (Å²) >= 11 is 0. The lowest BCUT2D eigenvalue weighted by atomic mass is 10.2. The topological polar surface area (TPSA) is 66.9 Å². The van der Waals surface area contributed by atoms with Crippen molar-refractivity contribution >= 4 is 15.9 Å². The SMILES string of the molecule is CCN(CC)C(=O)CN(Cc1ccc(OC)cc1)S(C)(=O)=O. The zero-order valence-electron chi connectivity index (χ0n) is 13.6. The summed E-state index contributed by atoms with van der Waals surface area (Å²) in [5.74, 6) is 0.512. The van der Waals surface area contributed by atoms with Gasteiger partial charge in [-0.2, -0.15) is 4.31 Å². The highest BCUT2D eigenvalue weighted by atomic mass is 32.2. The van der Waals surface area contributed by atoms with Gasteiger partial charge in [0.2, 0.25) is 15.9 Å². The van der Waals surface area contributed by atoms with E-state index in [0.717, 1.165) is 11.8 Å². The minimum atomic E-state index is -3.47. The van der Waals surface area contributed by atoms with Crippen LogP contribution in [0.15, 0.2) is 24.3 Å². The van der Waals surface area contributed by atoms with Crippen molar-refractivity contribution in [1.29, 1.82) is 0 Å². The van der Waals surface area contributed by atoms with Gasteiger partial charge in [0.15, 0.2) is 0 Å². The van der Waals surface area contributed by atoms with Crippen LogP contribution in [-0.4, -0.2) is 56.5 Å². The molecular formula is C15H24N2O4S. The molecule has 0 aliphatic carbocycles. The van der Waals surface area contributed by atoms with Crippen molar-refractivity contribution in [2.45, 2.75) is 20.4 Å². The molecule has 1 aromatic rings. The molecule has 1 aromatic carbocycles. The fourth-order valence-corrected chi connectivity index (χ4v) is 2.78. The van der Waals surface area contributed by atoms with Gasteiger partial charge in [-0.25, -0.2) is 8.42 Å². The van der Waals surface area contributed by atoms with Crippen LogP contribution >= 0.6 is 0 Å². The number of carbonyl (C=O) groups is 1. The maximum Gasteiger partial charge on any atom is 0.237 e. The van der Waals surface area contributed by atoms with E-state index in [4.69, 9.17) is 4.74 Å². The van der Waals surface area contributed by atoms with Crippen LogP contribution in [0.2, 0.25) is 0 Å². The van der Waals surface area contributed by atoms with Crippen molar-refractivity contribution in [3.05, 3.63) is 29.8 Å². The Morgan fingerprint density at radius 3 is 2.09 bits per heavy atom. The summed E-state index contributed by atoms with van der Waals surface area (Å²) in [5.41, 5.74) is 0.804. The Bertz CT molecular complexity index is 580. The quantitative estimate of drug-likeness (QED) is 0.722. The highest BCUT2D eigenvalue weighted by molar-refractivity contribution is 7.88. The van der Waals surface area contributed by atoms with Crippen LogP contribution in [-0.2, 0) is 21.4 Å². The van der Waals surface area contributed by atoms with Gasteiger partial charge in [0.05, 0.1) is 19.9 Å². The third kappa shape index (κ3) is 5.31. The summed E-state index contributed by atoms with van der Waals surface area (Å²) in [7, 11) is -1.90. The smallest absolute Gasteiger partial charge is 0.237 e. The van der Waals surface area contributed by atoms with E-state index in [1.807, 2.05) is 13.8 Å². The highest BCUT2D eigenvalue weighted by Gasteiger charge is 2.22. The number of hydrogen-bond donors (Lipinski definition) is 0. The molecule has 0 saturated carbocycles. The molecule has 1 amide bonds. The van der Waals surface area contributed by atoms with E-state index in [1.165, 1.54) is 4.31 Å². The molecule has 0 atom stereocenters. The molecule has 0 radical (unpaired) electrons. The molecule has 0 saturated heterocycles. The van der Waals surface area contributed by atoms with E-state index in [9.17, 15) is 13.2 Å². The number of likely N-dealkylation sites (N-methyl/N-ethyl adjacent to an activating group) is 1. The van der Waals surface area contributed by atoms with Gasteiger partial charge in [-0.15, -0.1) is 0 Å². The van der Waals surface area contributed by atoms with Crippen molar-refractivity contribution in [1.82, 2.24) is 9.21 Å². The van der Waals surface area contributed by atoms with Gasteiger partial charge < -0.3 is 9.64 Å². The first-order valence-electron chi connectivity index (χ1n) is 7.17. The van der Waals surface area contributed by atoms with Crippen molar-refractivity contribution in [3.8, 4) is 5.75 Å². The fourth-order valence-electron chi connectivity index (χ4n) is 2.05. The van der Waals surface area contributed by atoms with Gasteiger partial charge >= 0.3 is 0 Å². The molecule has 124 valence electrons. The maximum atomic E-state index is 12.2. The summed E-state index contributed by atoms with van der Waals surface area (Å²) < 4.78 is 30.1. The number of benzene rings is 1. The fraction of sp³-hybridized carbons (Fsp3) is 0.533. The third-order valence-electron chi connectivity index (χ3n) is 3.41. The summed E-state index contributed by atoms with van der Waals surface area (Å²) in [4.78, 5) is 13.8. The minimum absolute atomic E-state index is 0.146. The number of carbonyl (C=O) groups excluding carboxylic acids is 1. The van der Waals surface area contributed by atoms with Crippen molar-refractivity contribution in [2.75, 3.05) is 33.0 Å². The standard InChI is InChI=1S/C15H24N2O4S/c1-5-16(6-2)15(18)12-17(22(4,19)20)11-13-7-9-14(21-3)10-8-13/h7-10H,5-6,11-12H2,1-4H3. The van der Waals surface area contributed by atoms with Crippen LogP contribution in [0.5, 0.6) is 5.75 Å². The van der Waals surface area contributed by atoms with Crippen LogP contribution in [0.1, 0.15) is 19.4 Å². The molecule has 0 fully saturated rings. The number of rotatable bonds is 8. The first kappa shape index (κ1) is 18.4. The second-order valence-corrected chi connectivity index (χ2v) is 6.93. The lowest BCUT2D eigenvalue weighted by Crippen LogP contribution is -2.42. The van der Waals surface area contributed by atoms with Crippen LogP contribution in [0.4, 0.5) is 0 Å². The minimum Gasteiger partial charge on any atom is -0.497 e. The summed E-state index contributed by atoms with van der Waals surface area (Å²) in [6.45, 7) is 4.89. The number of methoxy groups -OCH3 is 1. The van der Waals surface area contributed by atoms with Gasteiger partial charge in [0.1, 0.15) is 5.75 Å². The second kappa shape index (κ2) is 8.14. The second-order valence-electron chi connectivity index (χ2n) is 4.95. The van der Waals surface area contributed by atoms with E-state index in [2.05, 4.69) is 0 Å². The summed E-state index contributed by atoms with van der Waals surface area (Å²) in [6, 6.07) is 7.11. The van der Waals surface area contributed by atoms with Crippen LogP contribution in [0.25, 0.3) is 0 Å². The van der Waals surface area contributed by atoms with Crippen LogP contribution in [0, 0.1) is 0 Å². The molecule has 22 heavy (non-hydrogen) atoms. The molecule has 7 heteroatoms. The average molecular weight is 328 g/mol. The monoisotopic (exact) mass is 328 g/mol. The zero-order valence-corrected chi connectivity index (χ0v) is 14.4. The number of amides is 1. The number of hydrogen-bond acceptors (Lipinski definition) is 4. The Labute approximate surface area is 132 Å². The Kier molecular flexibility index (Phi) is 6.83. The Morgan fingerprint density at radius 1 is 1.14 bits per heavy atom. The molecule has 0 aliphatic rings. The van der Waals surface area contributed by atoms with Gasteiger partial charge in [0, 0.05) is 19.6 Å². The first-order valence-corrected chi connectivity index (χ1v) is 9.02. The van der Waals surface area contributed by atoms with Gasteiger partial charge in [-0.3, -0.25) is 4.79 Å². The maximum absolute atomic E-state index is 12.2. The average Bonchev–Trinajstić information content (AvgIpc) is 2.47.